The molecule has 3 aromatic rings. The van der Waals surface area contributed by atoms with E-state index < -0.39 is 10.0 Å². The van der Waals surface area contributed by atoms with Gasteiger partial charge in [-0.1, -0.05) is 11.6 Å². The van der Waals surface area contributed by atoms with Crippen LogP contribution in [0.2, 0.25) is 0 Å². The number of ether oxygens (including phenoxy) is 1. The molecule has 0 aliphatic rings. The number of carbonyl (C=O) groups is 1. The molecule has 0 aromatic heterocycles. The van der Waals surface area contributed by atoms with Gasteiger partial charge < -0.3 is 10.1 Å². The van der Waals surface area contributed by atoms with Crippen molar-refractivity contribution in [3.05, 3.63) is 81.4 Å². The van der Waals surface area contributed by atoms with E-state index in [4.69, 9.17) is 4.74 Å². The average molecular weight is 536 g/mol. The molecule has 8 heteroatoms. The largest absolute Gasteiger partial charge is 0.494 e. The number of anilines is 2. The minimum Gasteiger partial charge on any atom is -0.494 e. The molecule has 2 N–H and O–H groups in total. The van der Waals surface area contributed by atoms with Gasteiger partial charge >= 0.3 is 0 Å². The van der Waals surface area contributed by atoms with Crippen LogP contribution in [0.1, 0.15) is 22.8 Å². The molecule has 6 nitrogen and oxygen atoms in total. The van der Waals surface area contributed by atoms with Crippen molar-refractivity contribution < 1.29 is 17.9 Å². The molecule has 0 aliphatic heterocycles. The van der Waals surface area contributed by atoms with Crippen LogP contribution in [0.25, 0.3) is 0 Å². The third-order valence-corrected chi connectivity index (χ3v) is 6.50. The molecule has 0 heterocycles. The summed E-state index contributed by atoms with van der Waals surface area (Å²) < 4.78 is 34.0. The molecule has 0 unspecified atom stereocenters. The lowest BCUT2D eigenvalue weighted by atomic mass is 10.1. The van der Waals surface area contributed by atoms with Gasteiger partial charge in [0.2, 0.25) is 0 Å². The van der Waals surface area contributed by atoms with E-state index in [1.165, 1.54) is 12.1 Å². The minimum atomic E-state index is -3.75. The third kappa shape index (κ3) is 5.51. The first-order chi connectivity index (χ1) is 14.3. The fourth-order valence-electron chi connectivity index (χ4n) is 2.72. The molecule has 156 valence electrons. The second kappa shape index (κ2) is 9.48. The van der Waals surface area contributed by atoms with Crippen LogP contribution in [-0.4, -0.2) is 20.9 Å². The summed E-state index contributed by atoms with van der Waals surface area (Å²) in [6, 6.07) is 18.3. The number of amides is 1. The SMILES string of the molecule is CCOc1ccc(NS(=O)(=O)c2ccc(NC(=O)c3ccc(C)cc3I)cc2)cc1. The van der Waals surface area contributed by atoms with Crippen molar-refractivity contribution >= 4 is 49.9 Å². The van der Waals surface area contributed by atoms with Gasteiger partial charge in [0, 0.05) is 14.9 Å². The van der Waals surface area contributed by atoms with Crippen LogP contribution in [0.15, 0.2) is 71.6 Å². The van der Waals surface area contributed by atoms with E-state index in [1.54, 1.807) is 42.5 Å². The molecule has 3 aromatic carbocycles. The number of benzene rings is 3. The third-order valence-electron chi connectivity index (χ3n) is 4.21. The Bertz CT molecular complexity index is 1140. The number of hydrogen-bond donors (Lipinski definition) is 2. The van der Waals surface area contributed by atoms with Crippen molar-refractivity contribution in [1.29, 1.82) is 0 Å². The normalized spacial score (nSPS) is 11.0. The van der Waals surface area contributed by atoms with E-state index in [1.807, 2.05) is 26.0 Å². The van der Waals surface area contributed by atoms with E-state index in [9.17, 15) is 13.2 Å². The van der Waals surface area contributed by atoms with E-state index in [-0.39, 0.29) is 10.8 Å². The van der Waals surface area contributed by atoms with Gasteiger partial charge in [-0.05, 0) is 97.1 Å². The first kappa shape index (κ1) is 22.1. The molecule has 0 atom stereocenters. The lowest BCUT2D eigenvalue weighted by molar-refractivity contribution is 0.102. The lowest BCUT2D eigenvalue weighted by Gasteiger charge is -2.11. The van der Waals surface area contributed by atoms with Gasteiger partial charge in [0.1, 0.15) is 5.75 Å². The van der Waals surface area contributed by atoms with Crippen molar-refractivity contribution in [3.8, 4) is 5.75 Å². The predicted molar refractivity (Wildman–Crippen MR) is 127 cm³/mol. The van der Waals surface area contributed by atoms with Gasteiger partial charge in [-0.3, -0.25) is 9.52 Å². The topological polar surface area (TPSA) is 84.5 Å². The minimum absolute atomic E-state index is 0.0966. The van der Waals surface area contributed by atoms with E-state index in [2.05, 4.69) is 32.6 Å². The number of nitrogens with one attached hydrogen (secondary N) is 2. The van der Waals surface area contributed by atoms with Crippen molar-refractivity contribution in [2.75, 3.05) is 16.6 Å². The monoisotopic (exact) mass is 536 g/mol. The number of aryl methyl sites for hydroxylation is 1. The summed E-state index contributed by atoms with van der Waals surface area (Å²) >= 11 is 2.12. The fourth-order valence-corrected chi connectivity index (χ4v) is 4.69. The quantitative estimate of drug-likeness (QED) is 0.414. The van der Waals surface area contributed by atoms with Crippen LogP contribution >= 0.6 is 22.6 Å². The zero-order valence-corrected chi connectivity index (χ0v) is 19.5. The summed E-state index contributed by atoms with van der Waals surface area (Å²) in [5, 5.41) is 2.79. The molecule has 0 fully saturated rings. The Balaban J connectivity index is 1.70. The van der Waals surface area contributed by atoms with Crippen molar-refractivity contribution in [2.45, 2.75) is 18.7 Å². The summed E-state index contributed by atoms with van der Waals surface area (Å²) in [7, 11) is -3.75. The molecular formula is C22H21IN2O4S. The van der Waals surface area contributed by atoms with E-state index in [0.717, 1.165) is 9.13 Å². The zero-order valence-electron chi connectivity index (χ0n) is 16.5. The Morgan fingerprint density at radius 3 is 2.20 bits per heavy atom. The molecule has 0 saturated heterocycles. The molecule has 30 heavy (non-hydrogen) atoms. The van der Waals surface area contributed by atoms with Gasteiger partial charge in [-0.2, -0.15) is 0 Å². The number of halogens is 1. The summed E-state index contributed by atoms with van der Waals surface area (Å²) in [6.07, 6.45) is 0. The smallest absolute Gasteiger partial charge is 0.261 e. The average Bonchev–Trinajstić information content (AvgIpc) is 2.70. The van der Waals surface area contributed by atoms with Crippen LogP contribution < -0.4 is 14.8 Å². The molecule has 1 amide bonds. The summed E-state index contributed by atoms with van der Waals surface area (Å²) in [4.78, 5) is 12.6. The summed E-state index contributed by atoms with van der Waals surface area (Å²) in [5.41, 5.74) is 2.58. The van der Waals surface area contributed by atoms with E-state index in [0.29, 0.717) is 29.3 Å². The molecule has 0 bridgehead atoms. The Morgan fingerprint density at radius 2 is 1.60 bits per heavy atom. The number of hydrogen-bond acceptors (Lipinski definition) is 4. The van der Waals surface area contributed by atoms with Gasteiger partial charge in [0.15, 0.2) is 0 Å². The van der Waals surface area contributed by atoms with E-state index >= 15 is 0 Å². The maximum Gasteiger partial charge on any atom is 0.261 e. The van der Waals surface area contributed by atoms with Crippen LogP contribution in [0.4, 0.5) is 11.4 Å². The Hall–Kier alpha value is -2.59. The van der Waals surface area contributed by atoms with Crippen molar-refractivity contribution in [3.63, 3.8) is 0 Å². The molecule has 0 saturated carbocycles. The number of carbonyl (C=O) groups excluding carboxylic acids is 1. The maximum absolute atomic E-state index is 12.6. The molecule has 0 aliphatic carbocycles. The summed E-state index contributed by atoms with van der Waals surface area (Å²) in [6.45, 7) is 4.38. The fraction of sp³-hybridized carbons (Fsp3) is 0.136. The van der Waals surface area contributed by atoms with Crippen molar-refractivity contribution in [2.24, 2.45) is 0 Å². The predicted octanol–water partition coefficient (Wildman–Crippen LogP) is 5.05. The van der Waals surface area contributed by atoms with Crippen molar-refractivity contribution in [1.82, 2.24) is 0 Å². The highest BCUT2D eigenvalue weighted by Gasteiger charge is 2.15. The molecule has 0 radical (unpaired) electrons. The standard InChI is InChI=1S/C22H21IN2O4S/c1-3-29-18-9-5-17(6-10-18)25-30(27,28)19-11-7-16(8-12-19)24-22(26)20-13-4-15(2)14-21(20)23/h4-14,25H,3H2,1-2H3,(H,24,26). The second-order valence-corrected chi connectivity index (χ2v) is 9.37. The zero-order chi connectivity index (χ0) is 21.7. The molecule has 0 spiro atoms. The number of rotatable bonds is 7. The number of sulfonamides is 1. The van der Waals surface area contributed by atoms with Gasteiger partial charge in [-0.25, -0.2) is 8.42 Å². The Labute approximate surface area is 189 Å². The van der Waals surface area contributed by atoms with Gasteiger partial charge in [0.05, 0.1) is 17.1 Å². The molecule has 3 rings (SSSR count). The maximum atomic E-state index is 12.6. The molecular weight excluding hydrogens is 515 g/mol. The van der Waals surface area contributed by atoms with Crippen LogP contribution in [0, 0.1) is 10.5 Å². The highest BCUT2D eigenvalue weighted by molar-refractivity contribution is 14.1. The lowest BCUT2D eigenvalue weighted by Crippen LogP contribution is -2.15. The first-order valence-corrected chi connectivity index (χ1v) is 11.8. The highest BCUT2D eigenvalue weighted by atomic mass is 127. The van der Waals surface area contributed by atoms with Crippen LogP contribution in [0.3, 0.4) is 0 Å². The Morgan fingerprint density at radius 1 is 0.967 bits per heavy atom. The van der Waals surface area contributed by atoms with Crippen LogP contribution in [-0.2, 0) is 10.0 Å². The summed E-state index contributed by atoms with van der Waals surface area (Å²) in [5.74, 6) is 0.422. The van der Waals surface area contributed by atoms with Gasteiger partial charge in [-0.15, -0.1) is 0 Å². The van der Waals surface area contributed by atoms with Crippen LogP contribution in [0.5, 0.6) is 5.75 Å². The second-order valence-electron chi connectivity index (χ2n) is 6.52. The highest BCUT2D eigenvalue weighted by Crippen LogP contribution is 2.22. The van der Waals surface area contributed by atoms with Gasteiger partial charge in [0.25, 0.3) is 15.9 Å². The first-order valence-electron chi connectivity index (χ1n) is 9.22. The Kier molecular flexibility index (Phi) is 6.99.